The standard InChI is InChI=1S/C15H18ClN3O3/c16-13-3-1-12(2-4-13)9-17-19-11-14(22-15(19)20)10-18-5-7-21-8-6-18/h1-4,9,14H,5-8,10-11H2/b17-9+/t14-/m1/s1. The SMILES string of the molecule is O=C1O[C@H](CN2CCOCC2)CN1/N=C/c1ccc(Cl)cc1. The van der Waals surface area contributed by atoms with Crippen LogP contribution in [0.3, 0.4) is 0 Å². The lowest BCUT2D eigenvalue weighted by atomic mass is 10.2. The molecule has 2 heterocycles. The molecule has 6 nitrogen and oxygen atoms in total. The number of carbonyl (C=O) groups excluding carboxylic acids is 1. The van der Waals surface area contributed by atoms with Crippen LogP contribution in [-0.2, 0) is 9.47 Å². The van der Waals surface area contributed by atoms with Crippen molar-refractivity contribution in [2.45, 2.75) is 6.10 Å². The molecule has 0 radical (unpaired) electrons. The molecule has 2 saturated heterocycles. The molecule has 1 aromatic carbocycles. The third kappa shape index (κ3) is 3.97. The molecule has 0 unspecified atom stereocenters. The van der Waals surface area contributed by atoms with Crippen LogP contribution in [0.2, 0.25) is 5.02 Å². The van der Waals surface area contributed by atoms with E-state index in [9.17, 15) is 4.79 Å². The molecule has 2 fully saturated rings. The van der Waals surface area contributed by atoms with Gasteiger partial charge in [0.15, 0.2) is 0 Å². The van der Waals surface area contributed by atoms with E-state index < -0.39 is 6.09 Å². The third-order valence-corrected chi connectivity index (χ3v) is 3.89. The van der Waals surface area contributed by atoms with Crippen LogP contribution in [0.1, 0.15) is 5.56 Å². The highest BCUT2D eigenvalue weighted by Crippen LogP contribution is 2.14. The lowest BCUT2D eigenvalue weighted by molar-refractivity contribution is 0.0188. The van der Waals surface area contributed by atoms with Gasteiger partial charge < -0.3 is 9.47 Å². The molecule has 0 aromatic heterocycles. The molecular formula is C15H18ClN3O3. The first kappa shape index (κ1) is 15.3. The minimum Gasteiger partial charge on any atom is -0.441 e. The first-order chi connectivity index (χ1) is 10.7. The molecule has 0 N–H and O–H groups in total. The minimum atomic E-state index is -0.400. The fourth-order valence-electron chi connectivity index (χ4n) is 2.45. The number of amides is 1. The highest BCUT2D eigenvalue weighted by molar-refractivity contribution is 6.30. The smallest absolute Gasteiger partial charge is 0.430 e. The molecule has 0 saturated carbocycles. The number of hydrogen-bond acceptors (Lipinski definition) is 5. The van der Waals surface area contributed by atoms with Crippen LogP contribution in [0.4, 0.5) is 4.79 Å². The summed E-state index contributed by atoms with van der Waals surface area (Å²) in [6, 6.07) is 7.26. The maximum Gasteiger partial charge on any atom is 0.430 e. The van der Waals surface area contributed by atoms with Gasteiger partial charge in [0.1, 0.15) is 6.10 Å². The molecule has 118 valence electrons. The lowest BCUT2D eigenvalue weighted by Gasteiger charge is -2.27. The van der Waals surface area contributed by atoms with Crippen molar-refractivity contribution in [2.24, 2.45) is 5.10 Å². The molecular weight excluding hydrogens is 306 g/mol. The number of cyclic esters (lactones) is 1. The fourth-order valence-corrected chi connectivity index (χ4v) is 2.58. The molecule has 1 amide bonds. The Hall–Kier alpha value is -1.63. The number of hydrazone groups is 1. The van der Waals surface area contributed by atoms with Gasteiger partial charge in [0, 0.05) is 24.7 Å². The fraction of sp³-hybridized carbons (Fsp3) is 0.467. The second kappa shape index (κ2) is 7.09. The van der Waals surface area contributed by atoms with Crippen LogP contribution in [0.25, 0.3) is 0 Å². The second-order valence-corrected chi connectivity index (χ2v) is 5.73. The summed E-state index contributed by atoms with van der Waals surface area (Å²) in [5.74, 6) is 0. The highest BCUT2D eigenvalue weighted by atomic mass is 35.5. The van der Waals surface area contributed by atoms with Gasteiger partial charge >= 0.3 is 6.09 Å². The summed E-state index contributed by atoms with van der Waals surface area (Å²) in [5.41, 5.74) is 0.883. The van der Waals surface area contributed by atoms with Crippen LogP contribution in [0.15, 0.2) is 29.4 Å². The van der Waals surface area contributed by atoms with Crippen molar-refractivity contribution in [3.8, 4) is 0 Å². The molecule has 22 heavy (non-hydrogen) atoms. The molecule has 7 heteroatoms. The Labute approximate surface area is 134 Å². The number of nitrogens with zero attached hydrogens (tertiary/aromatic N) is 3. The quantitative estimate of drug-likeness (QED) is 0.793. The van der Waals surface area contributed by atoms with Crippen LogP contribution in [0.5, 0.6) is 0 Å². The van der Waals surface area contributed by atoms with E-state index in [1.807, 2.05) is 12.1 Å². The van der Waals surface area contributed by atoms with E-state index >= 15 is 0 Å². The van der Waals surface area contributed by atoms with Gasteiger partial charge in [-0.3, -0.25) is 4.90 Å². The molecule has 1 atom stereocenters. The zero-order chi connectivity index (χ0) is 15.4. The van der Waals surface area contributed by atoms with Crippen LogP contribution < -0.4 is 0 Å². The highest BCUT2D eigenvalue weighted by Gasteiger charge is 2.32. The van der Waals surface area contributed by atoms with E-state index in [2.05, 4.69) is 10.0 Å². The Morgan fingerprint density at radius 2 is 2.00 bits per heavy atom. The van der Waals surface area contributed by atoms with Gasteiger partial charge in [-0.05, 0) is 17.7 Å². The minimum absolute atomic E-state index is 0.145. The van der Waals surface area contributed by atoms with Crippen molar-refractivity contribution < 1.29 is 14.3 Å². The molecule has 1 aromatic rings. The van der Waals surface area contributed by atoms with Gasteiger partial charge in [-0.15, -0.1) is 0 Å². The zero-order valence-corrected chi connectivity index (χ0v) is 12.9. The molecule has 2 aliphatic rings. The number of carbonyl (C=O) groups is 1. The van der Waals surface area contributed by atoms with Gasteiger partial charge in [-0.1, -0.05) is 23.7 Å². The lowest BCUT2D eigenvalue weighted by Crippen LogP contribution is -2.41. The van der Waals surface area contributed by atoms with Gasteiger partial charge in [-0.25, -0.2) is 4.79 Å². The first-order valence-corrected chi connectivity index (χ1v) is 7.66. The third-order valence-electron chi connectivity index (χ3n) is 3.64. The van der Waals surface area contributed by atoms with E-state index in [0.717, 1.165) is 38.4 Å². The average molecular weight is 324 g/mol. The molecule has 0 aliphatic carbocycles. The first-order valence-electron chi connectivity index (χ1n) is 7.28. The summed E-state index contributed by atoms with van der Waals surface area (Å²) >= 11 is 5.83. The number of morpholine rings is 1. The van der Waals surface area contributed by atoms with Crippen molar-refractivity contribution in [3.05, 3.63) is 34.9 Å². The van der Waals surface area contributed by atoms with E-state index in [4.69, 9.17) is 21.1 Å². The molecule has 2 aliphatic heterocycles. The van der Waals surface area contributed by atoms with Crippen molar-refractivity contribution >= 4 is 23.9 Å². The number of benzene rings is 1. The summed E-state index contributed by atoms with van der Waals surface area (Å²) in [6.45, 7) is 4.42. The molecule has 3 rings (SSSR count). The maximum absolute atomic E-state index is 11.8. The zero-order valence-electron chi connectivity index (χ0n) is 12.2. The maximum atomic E-state index is 11.8. The van der Waals surface area contributed by atoms with Crippen LogP contribution >= 0.6 is 11.6 Å². The topological polar surface area (TPSA) is 54.4 Å². The average Bonchev–Trinajstić information content (AvgIpc) is 2.87. The van der Waals surface area contributed by atoms with Gasteiger partial charge in [0.25, 0.3) is 0 Å². The summed E-state index contributed by atoms with van der Waals surface area (Å²) in [5, 5.41) is 6.23. The second-order valence-electron chi connectivity index (χ2n) is 5.30. The largest absolute Gasteiger partial charge is 0.441 e. The van der Waals surface area contributed by atoms with Crippen molar-refractivity contribution in [2.75, 3.05) is 39.4 Å². The van der Waals surface area contributed by atoms with Crippen molar-refractivity contribution in [3.63, 3.8) is 0 Å². The monoisotopic (exact) mass is 323 g/mol. The predicted octanol–water partition coefficient (Wildman–Crippen LogP) is 1.83. The summed E-state index contributed by atoms with van der Waals surface area (Å²) < 4.78 is 10.7. The number of hydrogen-bond donors (Lipinski definition) is 0. The Morgan fingerprint density at radius 1 is 1.27 bits per heavy atom. The van der Waals surface area contributed by atoms with E-state index in [0.29, 0.717) is 11.6 Å². The molecule has 0 bridgehead atoms. The Bertz CT molecular complexity index is 543. The summed E-state index contributed by atoms with van der Waals surface area (Å²) in [4.78, 5) is 14.1. The van der Waals surface area contributed by atoms with E-state index in [1.165, 1.54) is 5.01 Å². The number of ether oxygens (including phenoxy) is 2. The molecule has 0 spiro atoms. The Morgan fingerprint density at radius 3 is 2.73 bits per heavy atom. The normalized spacial score (nSPS) is 23.2. The van der Waals surface area contributed by atoms with Gasteiger partial charge in [0.05, 0.1) is 26.0 Å². The Kier molecular flexibility index (Phi) is 4.92. The summed E-state index contributed by atoms with van der Waals surface area (Å²) in [7, 11) is 0. The number of rotatable bonds is 4. The summed E-state index contributed by atoms with van der Waals surface area (Å²) in [6.07, 6.45) is 1.09. The van der Waals surface area contributed by atoms with Crippen LogP contribution in [-0.4, -0.2) is 67.7 Å². The van der Waals surface area contributed by atoms with Crippen molar-refractivity contribution in [1.29, 1.82) is 0 Å². The van der Waals surface area contributed by atoms with Crippen LogP contribution in [0, 0.1) is 0 Å². The number of halogens is 1. The predicted molar refractivity (Wildman–Crippen MR) is 83.3 cm³/mol. The van der Waals surface area contributed by atoms with E-state index in [-0.39, 0.29) is 6.10 Å². The van der Waals surface area contributed by atoms with Gasteiger partial charge in [-0.2, -0.15) is 10.1 Å². The van der Waals surface area contributed by atoms with Crippen molar-refractivity contribution in [1.82, 2.24) is 9.91 Å². The Balaban J connectivity index is 1.54. The van der Waals surface area contributed by atoms with Gasteiger partial charge in [0.2, 0.25) is 0 Å². The van der Waals surface area contributed by atoms with E-state index in [1.54, 1.807) is 18.3 Å².